The number of benzene rings is 1. The Labute approximate surface area is 138 Å². The van der Waals surface area contributed by atoms with Crippen LogP contribution in [0, 0.1) is 0 Å². The highest BCUT2D eigenvalue weighted by Crippen LogP contribution is 2.32. The molecule has 0 bridgehead atoms. The van der Waals surface area contributed by atoms with Gasteiger partial charge in [-0.1, -0.05) is 29.3 Å². The first-order valence-electron chi connectivity index (χ1n) is 7.04. The summed E-state index contributed by atoms with van der Waals surface area (Å²) in [7, 11) is 1.71. The number of amides is 2. The van der Waals surface area contributed by atoms with E-state index in [-0.39, 0.29) is 18.4 Å². The molecule has 1 spiro atoms. The summed E-state index contributed by atoms with van der Waals surface area (Å²) in [5.41, 5.74) is 0.278. The molecular weight excluding hydrogens is 327 g/mol. The lowest BCUT2D eigenvalue weighted by Gasteiger charge is -2.21. The molecule has 1 aromatic rings. The Morgan fingerprint density at radius 1 is 1.32 bits per heavy atom. The van der Waals surface area contributed by atoms with Gasteiger partial charge < -0.3 is 14.5 Å². The smallest absolute Gasteiger partial charge is 0.410 e. The molecule has 2 aliphatic rings. The first-order valence-corrected chi connectivity index (χ1v) is 7.80. The van der Waals surface area contributed by atoms with E-state index < -0.39 is 5.60 Å². The quantitative estimate of drug-likeness (QED) is 0.829. The van der Waals surface area contributed by atoms with Gasteiger partial charge in [-0.15, -0.1) is 0 Å². The molecule has 1 atom stereocenters. The number of nitrogens with zero attached hydrogens (tertiary/aromatic N) is 2. The van der Waals surface area contributed by atoms with Gasteiger partial charge >= 0.3 is 6.09 Å². The molecule has 1 aromatic carbocycles. The summed E-state index contributed by atoms with van der Waals surface area (Å²) in [5.74, 6) is 0.000802. The Hall–Kier alpha value is -1.46. The van der Waals surface area contributed by atoms with Gasteiger partial charge in [-0.2, -0.15) is 0 Å². The number of likely N-dealkylation sites (tertiary alicyclic amines) is 1. The zero-order valence-corrected chi connectivity index (χ0v) is 13.7. The van der Waals surface area contributed by atoms with Crippen LogP contribution in [-0.4, -0.2) is 54.1 Å². The molecule has 0 saturated carbocycles. The summed E-state index contributed by atoms with van der Waals surface area (Å²) in [6, 6.07) is 5.18. The maximum Gasteiger partial charge on any atom is 0.410 e. The third-order valence-corrected chi connectivity index (χ3v) is 4.89. The molecule has 0 aliphatic carbocycles. The second-order valence-electron chi connectivity index (χ2n) is 5.90. The molecule has 5 nitrogen and oxygen atoms in total. The molecule has 2 aliphatic heterocycles. The largest absolute Gasteiger partial charge is 0.439 e. The fourth-order valence-electron chi connectivity index (χ4n) is 3.00. The van der Waals surface area contributed by atoms with Crippen LogP contribution in [0.15, 0.2) is 18.2 Å². The van der Waals surface area contributed by atoms with E-state index in [4.69, 9.17) is 27.9 Å². The minimum Gasteiger partial charge on any atom is -0.439 e. The van der Waals surface area contributed by atoms with Crippen LogP contribution in [0.3, 0.4) is 0 Å². The number of hydrogen-bond acceptors (Lipinski definition) is 3. The van der Waals surface area contributed by atoms with Gasteiger partial charge in [0, 0.05) is 20.0 Å². The molecule has 0 radical (unpaired) electrons. The molecular formula is C15H16Cl2N2O3. The predicted molar refractivity (Wildman–Crippen MR) is 83.2 cm³/mol. The van der Waals surface area contributed by atoms with Gasteiger partial charge in [0.05, 0.1) is 29.6 Å². The predicted octanol–water partition coefficient (Wildman–Crippen LogP) is 2.59. The highest BCUT2D eigenvalue weighted by atomic mass is 35.5. The molecule has 2 fully saturated rings. The van der Waals surface area contributed by atoms with E-state index in [9.17, 15) is 9.59 Å². The third-order valence-electron chi connectivity index (χ3n) is 4.15. The number of halogens is 2. The van der Waals surface area contributed by atoms with Crippen molar-refractivity contribution < 1.29 is 14.3 Å². The van der Waals surface area contributed by atoms with Crippen molar-refractivity contribution in [1.29, 1.82) is 0 Å². The highest BCUT2D eigenvalue weighted by Gasteiger charge is 2.49. The Morgan fingerprint density at radius 2 is 2.09 bits per heavy atom. The van der Waals surface area contributed by atoms with Gasteiger partial charge in [0.1, 0.15) is 0 Å². The van der Waals surface area contributed by atoms with Crippen LogP contribution in [-0.2, 0) is 16.0 Å². The van der Waals surface area contributed by atoms with Crippen molar-refractivity contribution in [2.45, 2.75) is 18.4 Å². The Balaban J connectivity index is 1.64. The average Bonchev–Trinajstić information content (AvgIpc) is 2.98. The van der Waals surface area contributed by atoms with Gasteiger partial charge in [-0.05, 0) is 17.7 Å². The molecule has 0 unspecified atom stereocenters. The molecule has 2 saturated heterocycles. The van der Waals surface area contributed by atoms with Crippen LogP contribution in [0.25, 0.3) is 0 Å². The third kappa shape index (κ3) is 2.88. The summed E-state index contributed by atoms with van der Waals surface area (Å²) in [5, 5.41) is 0.912. The van der Waals surface area contributed by atoms with Crippen molar-refractivity contribution in [3.8, 4) is 0 Å². The first-order chi connectivity index (χ1) is 10.4. The number of ether oxygens (including phenoxy) is 1. The molecule has 2 heterocycles. The van der Waals surface area contributed by atoms with Crippen LogP contribution in [0.5, 0.6) is 0 Å². The van der Waals surface area contributed by atoms with Crippen molar-refractivity contribution >= 4 is 35.2 Å². The minimum atomic E-state index is -0.543. The Bertz CT molecular complexity index is 637. The molecule has 3 rings (SSSR count). The van der Waals surface area contributed by atoms with E-state index in [1.165, 1.54) is 0 Å². The molecule has 0 aromatic heterocycles. The van der Waals surface area contributed by atoms with E-state index in [1.54, 1.807) is 35.0 Å². The van der Waals surface area contributed by atoms with E-state index in [1.807, 2.05) is 0 Å². The fourth-order valence-corrected chi connectivity index (χ4v) is 3.32. The van der Waals surface area contributed by atoms with Crippen molar-refractivity contribution in [1.82, 2.24) is 9.80 Å². The maximum absolute atomic E-state index is 12.4. The number of likely N-dealkylation sites (N-methyl/N-ethyl adjacent to an activating group) is 1. The van der Waals surface area contributed by atoms with E-state index in [0.29, 0.717) is 36.1 Å². The summed E-state index contributed by atoms with van der Waals surface area (Å²) in [6.07, 6.45) is 0.617. The van der Waals surface area contributed by atoms with Gasteiger partial charge in [-0.25, -0.2) is 4.79 Å². The van der Waals surface area contributed by atoms with Crippen molar-refractivity contribution in [3.05, 3.63) is 33.8 Å². The Morgan fingerprint density at radius 3 is 2.73 bits per heavy atom. The van der Waals surface area contributed by atoms with Crippen LogP contribution in [0.4, 0.5) is 4.79 Å². The fraction of sp³-hybridized carbons (Fsp3) is 0.467. The van der Waals surface area contributed by atoms with Crippen LogP contribution < -0.4 is 0 Å². The molecule has 22 heavy (non-hydrogen) atoms. The van der Waals surface area contributed by atoms with Crippen LogP contribution >= 0.6 is 23.2 Å². The summed E-state index contributed by atoms with van der Waals surface area (Å²) in [6.45, 7) is 1.58. The van der Waals surface area contributed by atoms with Gasteiger partial charge in [0.25, 0.3) is 0 Å². The van der Waals surface area contributed by atoms with E-state index >= 15 is 0 Å². The lowest BCUT2D eigenvalue weighted by Crippen LogP contribution is -2.39. The van der Waals surface area contributed by atoms with Crippen LogP contribution in [0.2, 0.25) is 10.0 Å². The SMILES string of the molecule is CN1C[C@@]2(CCN(C(=O)Cc3ccc(Cl)c(Cl)c3)C2)OC1=O. The normalized spacial score (nSPS) is 24.2. The van der Waals surface area contributed by atoms with Gasteiger partial charge in [-0.3, -0.25) is 4.79 Å². The molecule has 7 heteroatoms. The van der Waals surface area contributed by atoms with Crippen molar-refractivity contribution in [2.75, 3.05) is 26.7 Å². The second kappa shape index (κ2) is 5.63. The standard InChI is InChI=1S/C15H16Cl2N2O3/c1-18-8-15(22-14(18)21)4-5-19(9-15)13(20)7-10-2-3-11(16)12(17)6-10/h2-3,6H,4-5,7-9H2,1H3/t15-/m1/s1. The number of rotatable bonds is 2. The summed E-state index contributed by atoms with van der Waals surface area (Å²) >= 11 is 11.8. The zero-order chi connectivity index (χ0) is 15.9. The second-order valence-corrected chi connectivity index (χ2v) is 6.71. The highest BCUT2D eigenvalue weighted by molar-refractivity contribution is 6.42. The Kier molecular flexibility index (Phi) is 3.95. The number of hydrogen-bond donors (Lipinski definition) is 0. The van der Waals surface area contributed by atoms with E-state index in [0.717, 1.165) is 5.56 Å². The van der Waals surface area contributed by atoms with Gasteiger partial charge in [0.15, 0.2) is 5.60 Å². The van der Waals surface area contributed by atoms with Gasteiger partial charge in [0.2, 0.25) is 5.91 Å². The zero-order valence-electron chi connectivity index (χ0n) is 12.1. The monoisotopic (exact) mass is 342 g/mol. The number of carbonyl (C=O) groups is 2. The van der Waals surface area contributed by atoms with E-state index in [2.05, 4.69) is 0 Å². The molecule has 2 amide bonds. The van der Waals surface area contributed by atoms with Crippen molar-refractivity contribution in [3.63, 3.8) is 0 Å². The molecule has 118 valence electrons. The average molecular weight is 343 g/mol. The lowest BCUT2D eigenvalue weighted by molar-refractivity contribution is -0.130. The number of carbonyl (C=O) groups excluding carboxylic acids is 2. The topological polar surface area (TPSA) is 49.9 Å². The summed E-state index contributed by atoms with van der Waals surface area (Å²) < 4.78 is 5.44. The first kappa shape index (κ1) is 15.4. The van der Waals surface area contributed by atoms with Crippen molar-refractivity contribution in [2.24, 2.45) is 0 Å². The summed E-state index contributed by atoms with van der Waals surface area (Å²) in [4.78, 5) is 27.2. The lowest BCUT2D eigenvalue weighted by atomic mass is 10.0. The van der Waals surface area contributed by atoms with Crippen LogP contribution in [0.1, 0.15) is 12.0 Å². The minimum absolute atomic E-state index is 0.000802. The molecule has 0 N–H and O–H groups in total. The maximum atomic E-state index is 12.4.